The first kappa shape index (κ1) is 15.6. The predicted octanol–water partition coefficient (Wildman–Crippen LogP) is 1.82. The number of amides is 1. The number of carbonyl (C=O) groups is 1. The van der Waals surface area contributed by atoms with Gasteiger partial charge in [0.05, 0.1) is 12.8 Å². The second-order valence-corrected chi connectivity index (χ2v) is 4.70. The van der Waals surface area contributed by atoms with Gasteiger partial charge in [0.2, 0.25) is 0 Å². The van der Waals surface area contributed by atoms with Crippen molar-refractivity contribution in [3.63, 3.8) is 0 Å². The molecule has 1 aromatic heterocycles. The van der Waals surface area contributed by atoms with E-state index >= 15 is 0 Å². The van der Waals surface area contributed by atoms with Crippen molar-refractivity contribution in [2.45, 2.75) is 19.4 Å². The van der Waals surface area contributed by atoms with E-state index in [4.69, 9.17) is 15.0 Å². The summed E-state index contributed by atoms with van der Waals surface area (Å²) in [6, 6.07) is 13.5. The van der Waals surface area contributed by atoms with Gasteiger partial charge in [0, 0.05) is 6.42 Å². The van der Waals surface area contributed by atoms with Crippen molar-refractivity contribution in [3.05, 3.63) is 60.1 Å². The maximum Gasteiger partial charge on any atom is 0.261 e. The van der Waals surface area contributed by atoms with E-state index in [9.17, 15) is 4.79 Å². The van der Waals surface area contributed by atoms with Crippen LogP contribution in [0.15, 0.2) is 58.3 Å². The third kappa shape index (κ3) is 5.70. The van der Waals surface area contributed by atoms with Crippen LogP contribution in [-0.2, 0) is 22.6 Å². The molecule has 0 aliphatic carbocycles. The molecule has 0 aliphatic heterocycles. The minimum atomic E-state index is -0.281. The molecule has 0 spiro atoms. The molecule has 0 radical (unpaired) electrons. The Labute approximate surface area is 128 Å². The standard InChI is InChI=1S/C16H19N3O3/c17-15(9-8-13-5-2-1-3-6-13)19-22-12-16(20)18-11-14-7-4-10-21-14/h1-7,10H,8-9,11-12H2,(H2,17,19)(H,18,20). The number of nitrogens with one attached hydrogen (secondary N) is 1. The normalized spacial score (nSPS) is 11.2. The third-order valence-corrected chi connectivity index (χ3v) is 2.93. The summed E-state index contributed by atoms with van der Waals surface area (Å²) in [4.78, 5) is 16.4. The zero-order valence-corrected chi connectivity index (χ0v) is 12.2. The monoisotopic (exact) mass is 301 g/mol. The number of nitrogens with zero attached hydrogens (tertiary/aromatic N) is 1. The third-order valence-electron chi connectivity index (χ3n) is 2.93. The molecule has 0 unspecified atom stereocenters. The molecule has 2 aromatic rings. The first-order valence-corrected chi connectivity index (χ1v) is 7.01. The molecule has 1 heterocycles. The zero-order chi connectivity index (χ0) is 15.6. The van der Waals surface area contributed by atoms with Gasteiger partial charge in [-0.25, -0.2) is 0 Å². The fourth-order valence-electron chi connectivity index (χ4n) is 1.79. The highest BCUT2D eigenvalue weighted by molar-refractivity contribution is 5.80. The number of oxime groups is 1. The highest BCUT2D eigenvalue weighted by Crippen LogP contribution is 2.02. The Bertz CT molecular complexity index is 594. The van der Waals surface area contributed by atoms with Crippen LogP contribution in [0, 0.1) is 0 Å². The van der Waals surface area contributed by atoms with Crippen LogP contribution >= 0.6 is 0 Å². The number of hydrogen-bond donors (Lipinski definition) is 2. The number of rotatable bonds is 8. The molecule has 1 aromatic carbocycles. The molecular weight excluding hydrogens is 282 g/mol. The average molecular weight is 301 g/mol. The van der Waals surface area contributed by atoms with Crippen LogP contribution in [0.2, 0.25) is 0 Å². The number of benzene rings is 1. The Balaban J connectivity index is 1.62. The molecule has 22 heavy (non-hydrogen) atoms. The number of carbonyl (C=O) groups excluding carboxylic acids is 1. The summed E-state index contributed by atoms with van der Waals surface area (Å²) in [7, 11) is 0. The first-order valence-electron chi connectivity index (χ1n) is 7.01. The second kappa shape index (κ2) is 8.51. The van der Waals surface area contributed by atoms with Crippen LogP contribution in [0.1, 0.15) is 17.7 Å². The maximum absolute atomic E-state index is 11.5. The summed E-state index contributed by atoms with van der Waals surface area (Å²) in [5, 5.41) is 6.38. The number of furan rings is 1. The van der Waals surface area contributed by atoms with E-state index in [1.54, 1.807) is 18.4 Å². The van der Waals surface area contributed by atoms with Crippen molar-refractivity contribution in [1.82, 2.24) is 5.32 Å². The lowest BCUT2D eigenvalue weighted by Crippen LogP contribution is -2.26. The molecular formula is C16H19N3O3. The molecule has 6 nitrogen and oxygen atoms in total. The highest BCUT2D eigenvalue weighted by atomic mass is 16.6. The van der Waals surface area contributed by atoms with Gasteiger partial charge in [-0.1, -0.05) is 35.5 Å². The van der Waals surface area contributed by atoms with Gasteiger partial charge in [-0.3, -0.25) is 4.79 Å². The van der Waals surface area contributed by atoms with Gasteiger partial charge in [-0.15, -0.1) is 0 Å². The molecule has 0 bridgehead atoms. The Kier molecular flexibility index (Phi) is 6.04. The van der Waals surface area contributed by atoms with Gasteiger partial charge in [0.15, 0.2) is 6.61 Å². The summed E-state index contributed by atoms with van der Waals surface area (Å²) in [6.07, 6.45) is 2.91. The number of aryl methyl sites for hydroxylation is 1. The van der Waals surface area contributed by atoms with Crippen molar-refractivity contribution in [3.8, 4) is 0 Å². The van der Waals surface area contributed by atoms with Gasteiger partial charge in [-0.05, 0) is 24.1 Å². The minimum absolute atomic E-state index is 0.174. The van der Waals surface area contributed by atoms with Crippen LogP contribution in [0.4, 0.5) is 0 Å². The van der Waals surface area contributed by atoms with E-state index in [0.717, 1.165) is 6.42 Å². The average Bonchev–Trinajstić information content (AvgIpc) is 3.05. The van der Waals surface area contributed by atoms with E-state index in [-0.39, 0.29) is 12.5 Å². The predicted molar refractivity (Wildman–Crippen MR) is 82.9 cm³/mol. The molecule has 3 N–H and O–H groups in total. The van der Waals surface area contributed by atoms with Crippen molar-refractivity contribution in [1.29, 1.82) is 0 Å². The summed E-state index contributed by atoms with van der Waals surface area (Å²) < 4.78 is 5.10. The number of hydrogen-bond acceptors (Lipinski definition) is 4. The lowest BCUT2D eigenvalue weighted by Gasteiger charge is -2.04. The number of nitrogens with two attached hydrogens (primary N) is 1. The van der Waals surface area contributed by atoms with Gasteiger partial charge in [-0.2, -0.15) is 0 Å². The van der Waals surface area contributed by atoms with E-state index in [1.807, 2.05) is 30.3 Å². The van der Waals surface area contributed by atoms with Crippen LogP contribution in [0.25, 0.3) is 0 Å². The van der Waals surface area contributed by atoms with E-state index < -0.39 is 0 Å². The van der Waals surface area contributed by atoms with Crippen molar-refractivity contribution >= 4 is 11.7 Å². The van der Waals surface area contributed by atoms with Crippen LogP contribution in [0.5, 0.6) is 0 Å². The molecule has 2 rings (SSSR count). The van der Waals surface area contributed by atoms with E-state index in [2.05, 4.69) is 10.5 Å². The molecule has 0 aliphatic rings. The number of amidine groups is 1. The Morgan fingerprint density at radius 2 is 2.05 bits per heavy atom. The Morgan fingerprint density at radius 1 is 1.23 bits per heavy atom. The van der Waals surface area contributed by atoms with Gasteiger partial charge in [0.25, 0.3) is 5.91 Å². The highest BCUT2D eigenvalue weighted by Gasteiger charge is 2.03. The molecule has 0 fully saturated rings. The minimum Gasteiger partial charge on any atom is -0.467 e. The fourth-order valence-corrected chi connectivity index (χ4v) is 1.79. The second-order valence-electron chi connectivity index (χ2n) is 4.70. The SMILES string of the molecule is N/C(CCc1ccccc1)=N\OCC(=O)NCc1ccco1. The van der Waals surface area contributed by atoms with Crippen molar-refractivity contribution in [2.75, 3.05) is 6.61 Å². The maximum atomic E-state index is 11.5. The van der Waals surface area contributed by atoms with E-state index in [0.29, 0.717) is 24.6 Å². The lowest BCUT2D eigenvalue weighted by atomic mass is 10.1. The molecule has 1 amide bonds. The summed E-state index contributed by atoms with van der Waals surface area (Å²) in [6.45, 7) is 0.148. The van der Waals surface area contributed by atoms with Crippen molar-refractivity contribution < 1.29 is 14.0 Å². The molecule has 0 atom stereocenters. The quantitative estimate of drug-likeness (QED) is 0.442. The first-order chi connectivity index (χ1) is 10.7. The smallest absolute Gasteiger partial charge is 0.261 e. The van der Waals surface area contributed by atoms with Gasteiger partial charge >= 0.3 is 0 Å². The molecule has 116 valence electrons. The largest absolute Gasteiger partial charge is 0.467 e. The summed E-state index contributed by atoms with van der Waals surface area (Å²) in [5.41, 5.74) is 6.91. The van der Waals surface area contributed by atoms with Gasteiger partial charge in [0.1, 0.15) is 11.6 Å². The topological polar surface area (TPSA) is 89.9 Å². The molecule has 6 heteroatoms. The molecule has 0 saturated heterocycles. The zero-order valence-electron chi connectivity index (χ0n) is 12.2. The van der Waals surface area contributed by atoms with Crippen LogP contribution in [0.3, 0.4) is 0 Å². The van der Waals surface area contributed by atoms with Crippen LogP contribution in [-0.4, -0.2) is 18.3 Å². The Hall–Kier alpha value is -2.76. The Morgan fingerprint density at radius 3 is 2.77 bits per heavy atom. The summed E-state index contributed by atoms with van der Waals surface area (Å²) in [5.74, 6) is 0.762. The molecule has 0 saturated carbocycles. The van der Waals surface area contributed by atoms with Gasteiger partial charge < -0.3 is 20.3 Å². The van der Waals surface area contributed by atoms with E-state index in [1.165, 1.54) is 5.56 Å². The fraction of sp³-hybridized carbons (Fsp3) is 0.250. The van der Waals surface area contributed by atoms with Crippen molar-refractivity contribution in [2.24, 2.45) is 10.9 Å². The lowest BCUT2D eigenvalue weighted by molar-refractivity contribution is -0.125. The summed E-state index contributed by atoms with van der Waals surface area (Å²) >= 11 is 0. The van der Waals surface area contributed by atoms with Crippen LogP contribution < -0.4 is 11.1 Å².